The van der Waals surface area contributed by atoms with E-state index in [-0.39, 0.29) is 5.91 Å². The molecule has 0 saturated heterocycles. The van der Waals surface area contributed by atoms with Gasteiger partial charge in [0.2, 0.25) is 5.91 Å². The molecule has 0 atom stereocenters. The van der Waals surface area contributed by atoms with Gasteiger partial charge in [-0.1, -0.05) is 0 Å². The fourth-order valence-electron chi connectivity index (χ4n) is 0.478. The highest BCUT2D eigenvalue weighted by Crippen LogP contribution is 1.79. The molecule has 10 heavy (non-hydrogen) atoms. The molecule has 4 heteroatoms. The van der Waals surface area contributed by atoms with Crippen LogP contribution in [0.4, 0.5) is 0 Å². The van der Waals surface area contributed by atoms with E-state index in [1.807, 2.05) is 0 Å². The summed E-state index contributed by atoms with van der Waals surface area (Å²) in [7, 11) is 1.58. The molecular weight excluding hydrogens is 150 g/mol. The van der Waals surface area contributed by atoms with Gasteiger partial charge in [-0.3, -0.25) is 4.79 Å². The molecule has 0 aliphatic carbocycles. The predicted octanol–water partition coefficient (Wildman–Crippen LogP) is 0.0689. The molecule has 0 aromatic heterocycles. The Kier molecular flexibility index (Phi) is 6.74. The molecule has 0 spiro atoms. The van der Waals surface area contributed by atoms with Crippen LogP contribution in [-0.2, 0) is 9.53 Å². The number of amides is 1. The highest BCUT2D eigenvalue weighted by Gasteiger charge is 1.96. The minimum absolute atomic E-state index is 0.0240. The molecule has 0 rings (SSSR count). The van der Waals surface area contributed by atoms with Gasteiger partial charge >= 0.3 is 0 Å². The normalized spacial score (nSPS) is 9.40. The lowest BCUT2D eigenvalue weighted by Gasteiger charge is -2.00. The molecule has 0 aliphatic heterocycles. The van der Waals surface area contributed by atoms with E-state index in [4.69, 9.17) is 4.74 Å². The number of thiol groups is 1. The number of ether oxygens (including phenoxy) is 1. The third-order valence-electron chi connectivity index (χ3n) is 0.967. The van der Waals surface area contributed by atoms with E-state index < -0.39 is 0 Å². The lowest BCUT2D eigenvalue weighted by Crippen LogP contribution is -2.25. The van der Waals surface area contributed by atoms with Gasteiger partial charge in [0.15, 0.2) is 0 Å². The van der Waals surface area contributed by atoms with Crippen molar-refractivity contribution in [3.8, 4) is 0 Å². The first-order valence-corrected chi connectivity index (χ1v) is 3.81. The molecule has 0 fully saturated rings. The summed E-state index contributed by atoms with van der Waals surface area (Å²) in [5, 5.41) is 2.67. The van der Waals surface area contributed by atoms with Crippen molar-refractivity contribution in [1.29, 1.82) is 0 Å². The Morgan fingerprint density at radius 3 is 2.90 bits per heavy atom. The van der Waals surface area contributed by atoms with Crippen molar-refractivity contribution in [2.24, 2.45) is 0 Å². The number of rotatable bonds is 5. The summed E-state index contributed by atoms with van der Waals surface area (Å²) < 4.78 is 4.71. The third-order valence-corrected chi connectivity index (χ3v) is 1.19. The summed E-state index contributed by atoms with van der Waals surface area (Å²) in [6.45, 7) is 1.12. The van der Waals surface area contributed by atoms with Crippen LogP contribution in [0.15, 0.2) is 0 Å². The molecule has 0 unspecified atom stereocenters. The average Bonchev–Trinajstić information content (AvgIpc) is 1.97. The monoisotopic (exact) mass is 163 g/mol. The highest BCUT2D eigenvalue weighted by molar-refractivity contribution is 7.80. The van der Waals surface area contributed by atoms with Gasteiger partial charge in [0.05, 0.1) is 6.61 Å². The number of nitrogens with one attached hydrogen (secondary N) is 1. The largest absolute Gasteiger partial charge is 0.384 e. The van der Waals surface area contributed by atoms with E-state index in [2.05, 4.69) is 17.9 Å². The van der Waals surface area contributed by atoms with E-state index in [1.165, 1.54) is 0 Å². The van der Waals surface area contributed by atoms with Crippen LogP contribution in [0.3, 0.4) is 0 Å². The second-order valence-electron chi connectivity index (χ2n) is 1.82. The number of methoxy groups -OCH3 is 1. The summed E-state index contributed by atoms with van der Waals surface area (Å²) >= 11 is 3.94. The number of hydrogen-bond donors (Lipinski definition) is 2. The predicted molar refractivity (Wildman–Crippen MR) is 43.4 cm³/mol. The van der Waals surface area contributed by atoms with E-state index in [9.17, 15) is 4.79 Å². The third kappa shape index (κ3) is 5.91. The van der Waals surface area contributed by atoms with Crippen LogP contribution in [0.1, 0.15) is 6.42 Å². The van der Waals surface area contributed by atoms with Gasteiger partial charge in [0.1, 0.15) is 0 Å². The fourth-order valence-corrected chi connectivity index (χ4v) is 0.590. The number of carbonyl (C=O) groups is 1. The van der Waals surface area contributed by atoms with Gasteiger partial charge in [0, 0.05) is 25.8 Å². The van der Waals surface area contributed by atoms with Crippen LogP contribution in [0.2, 0.25) is 0 Å². The minimum Gasteiger partial charge on any atom is -0.384 e. The molecule has 0 saturated carbocycles. The van der Waals surface area contributed by atoms with Crippen molar-refractivity contribution >= 4 is 18.5 Å². The highest BCUT2D eigenvalue weighted by atomic mass is 32.1. The smallest absolute Gasteiger partial charge is 0.222 e. The summed E-state index contributed by atoms with van der Waals surface area (Å²) in [4.78, 5) is 10.7. The van der Waals surface area contributed by atoms with Gasteiger partial charge in [-0.15, -0.1) is 0 Å². The average molecular weight is 163 g/mol. The van der Waals surface area contributed by atoms with Crippen molar-refractivity contribution < 1.29 is 9.53 Å². The molecule has 0 aromatic rings. The fraction of sp³-hybridized carbons (Fsp3) is 0.833. The van der Waals surface area contributed by atoms with Crippen molar-refractivity contribution in [2.45, 2.75) is 6.42 Å². The Labute approximate surface area is 66.5 Å². The zero-order valence-electron chi connectivity index (χ0n) is 6.09. The minimum atomic E-state index is 0.0240. The van der Waals surface area contributed by atoms with Gasteiger partial charge < -0.3 is 10.1 Å². The Balaban J connectivity index is 3.09. The van der Waals surface area contributed by atoms with Crippen molar-refractivity contribution in [2.75, 3.05) is 26.0 Å². The first-order chi connectivity index (χ1) is 4.81. The second kappa shape index (κ2) is 6.89. The molecule has 0 aliphatic rings. The van der Waals surface area contributed by atoms with Gasteiger partial charge in [-0.2, -0.15) is 12.6 Å². The topological polar surface area (TPSA) is 38.3 Å². The Hall–Kier alpha value is -0.220. The summed E-state index contributed by atoms with van der Waals surface area (Å²) in [6.07, 6.45) is 0.435. The summed E-state index contributed by atoms with van der Waals surface area (Å²) in [5.41, 5.74) is 0. The zero-order valence-corrected chi connectivity index (χ0v) is 6.99. The SMILES string of the molecule is COCCC(=O)NCCS. The first kappa shape index (κ1) is 9.78. The quantitative estimate of drug-likeness (QED) is 0.563. The number of carbonyl (C=O) groups excluding carboxylic acids is 1. The molecule has 3 nitrogen and oxygen atoms in total. The Morgan fingerprint density at radius 1 is 1.70 bits per heavy atom. The molecule has 0 aromatic carbocycles. The maximum Gasteiger partial charge on any atom is 0.222 e. The summed E-state index contributed by atoms with van der Waals surface area (Å²) in [6, 6.07) is 0. The molecule has 1 amide bonds. The van der Waals surface area contributed by atoms with Gasteiger partial charge in [-0.05, 0) is 0 Å². The van der Waals surface area contributed by atoms with Crippen molar-refractivity contribution in [3.63, 3.8) is 0 Å². The molecule has 0 bridgehead atoms. The van der Waals surface area contributed by atoms with Crippen LogP contribution >= 0.6 is 12.6 Å². The lowest BCUT2D eigenvalue weighted by atomic mass is 10.4. The van der Waals surface area contributed by atoms with Crippen LogP contribution in [0.5, 0.6) is 0 Å². The number of hydrogen-bond acceptors (Lipinski definition) is 3. The Bertz CT molecular complexity index is 87.7. The maximum atomic E-state index is 10.7. The van der Waals surface area contributed by atoms with Crippen molar-refractivity contribution in [1.82, 2.24) is 5.32 Å². The summed E-state index contributed by atoms with van der Waals surface area (Å²) in [5.74, 6) is 0.703. The van der Waals surface area contributed by atoms with E-state index in [0.717, 1.165) is 0 Å². The van der Waals surface area contributed by atoms with Gasteiger partial charge in [-0.25, -0.2) is 0 Å². The van der Waals surface area contributed by atoms with Crippen molar-refractivity contribution in [3.05, 3.63) is 0 Å². The lowest BCUT2D eigenvalue weighted by molar-refractivity contribution is -0.121. The first-order valence-electron chi connectivity index (χ1n) is 3.17. The Morgan fingerprint density at radius 2 is 2.40 bits per heavy atom. The van der Waals surface area contributed by atoms with Gasteiger partial charge in [0.25, 0.3) is 0 Å². The van der Waals surface area contributed by atoms with Crippen LogP contribution in [0.25, 0.3) is 0 Å². The van der Waals surface area contributed by atoms with E-state index in [1.54, 1.807) is 7.11 Å². The van der Waals surface area contributed by atoms with Crippen LogP contribution in [0, 0.1) is 0 Å². The molecule has 1 N–H and O–H groups in total. The van der Waals surface area contributed by atoms with Crippen LogP contribution in [-0.4, -0.2) is 31.9 Å². The second-order valence-corrected chi connectivity index (χ2v) is 2.26. The van der Waals surface area contributed by atoms with Crippen LogP contribution < -0.4 is 5.32 Å². The molecule has 60 valence electrons. The standard InChI is InChI=1S/C6H13NO2S/c1-9-4-2-6(8)7-3-5-10/h10H,2-5H2,1H3,(H,7,8). The zero-order chi connectivity index (χ0) is 7.82. The molecule has 0 heterocycles. The van der Waals surface area contributed by atoms with E-state index >= 15 is 0 Å². The molecular formula is C6H13NO2S. The van der Waals surface area contributed by atoms with E-state index in [0.29, 0.717) is 25.3 Å². The maximum absolute atomic E-state index is 10.7. The molecule has 0 radical (unpaired) electrons.